The zero-order valence-corrected chi connectivity index (χ0v) is 10.8. The van der Waals surface area contributed by atoms with Gasteiger partial charge < -0.3 is 20.5 Å². The summed E-state index contributed by atoms with van der Waals surface area (Å²) in [4.78, 5) is 11.5. The molecule has 0 aliphatic rings. The summed E-state index contributed by atoms with van der Waals surface area (Å²) < 4.78 is 10.1. The fraction of sp³-hybridized carbons (Fsp3) is 0.462. The predicted octanol–water partition coefficient (Wildman–Crippen LogP) is 0.848. The topological polar surface area (TPSA) is 73.6 Å². The third-order valence-electron chi connectivity index (χ3n) is 2.49. The quantitative estimate of drug-likeness (QED) is 0.705. The van der Waals surface area contributed by atoms with E-state index in [9.17, 15) is 4.79 Å². The molecule has 0 aliphatic carbocycles. The van der Waals surface area contributed by atoms with Crippen molar-refractivity contribution < 1.29 is 14.3 Å². The van der Waals surface area contributed by atoms with Gasteiger partial charge in [0.25, 0.3) is 0 Å². The molecule has 0 spiro atoms. The molecule has 0 unspecified atom stereocenters. The highest BCUT2D eigenvalue weighted by Crippen LogP contribution is 2.16. The molecular weight excluding hydrogens is 232 g/mol. The minimum atomic E-state index is -0.147. The van der Waals surface area contributed by atoms with Crippen LogP contribution in [-0.4, -0.2) is 32.8 Å². The van der Waals surface area contributed by atoms with E-state index in [1.807, 2.05) is 31.2 Å². The van der Waals surface area contributed by atoms with Gasteiger partial charge in [-0.1, -0.05) is 12.1 Å². The summed E-state index contributed by atoms with van der Waals surface area (Å²) in [5.74, 6) is 0.648. The van der Waals surface area contributed by atoms with Crippen molar-refractivity contribution in [3.8, 4) is 5.75 Å². The molecule has 100 valence electrons. The fourth-order valence-electron chi connectivity index (χ4n) is 1.51. The number of carbonyl (C=O) groups excluding carboxylic acids is 1. The van der Waals surface area contributed by atoms with Crippen LogP contribution in [0.5, 0.6) is 5.75 Å². The van der Waals surface area contributed by atoms with Gasteiger partial charge in [-0.25, -0.2) is 0 Å². The Morgan fingerprint density at radius 2 is 2.06 bits per heavy atom. The number of rotatable bonds is 7. The largest absolute Gasteiger partial charge is 0.497 e. The lowest BCUT2D eigenvalue weighted by Gasteiger charge is -2.14. The van der Waals surface area contributed by atoms with E-state index in [0.717, 1.165) is 11.3 Å². The van der Waals surface area contributed by atoms with Crippen molar-refractivity contribution in [3.63, 3.8) is 0 Å². The zero-order chi connectivity index (χ0) is 13.4. The van der Waals surface area contributed by atoms with Crippen molar-refractivity contribution in [1.82, 2.24) is 5.32 Å². The van der Waals surface area contributed by atoms with Crippen LogP contribution in [-0.2, 0) is 9.53 Å². The summed E-state index contributed by atoms with van der Waals surface area (Å²) >= 11 is 0. The molecule has 3 N–H and O–H groups in total. The van der Waals surface area contributed by atoms with Crippen molar-refractivity contribution in [2.45, 2.75) is 13.0 Å². The van der Waals surface area contributed by atoms with Gasteiger partial charge in [0.05, 0.1) is 19.8 Å². The SMILES string of the molecule is COc1ccc([C@H](C)NC(=O)COCCN)cc1. The third-order valence-corrected chi connectivity index (χ3v) is 2.49. The normalized spacial score (nSPS) is 11.9. The maximum atomic E-state index is 11.5. The Labute approximate surface area is 107 Å². The number of amides is 1. The van der Waals surface area contributed by atoms with Crippen LogP contribution in [0.15, 0.2) is 24.3 Å². The third kappa shape index (κ3) is 4.73. The monoisotopic (exact) mass is 252 g/mol. The first kappa shape index (κ1) is 14.5. The van der Waals surface area contributed by atoms with Crippen molar-refractivity contribution in [2.75, 3.05) is 26.9 Å². The second kappa shape index (κ2) is 7.68. The van der Waals surface area contributed by atoms with Gasteiger partial charge in [0.15, 0.2) is 0 Å². The van der Waals surface area contributed by atoms with Gasteiger partial charge in [-0.2, -0.15) is 0 Å². The van der Waals surface area contributed by atoms with E-state index in [0.29, 0.717) is 13.2 Å². The standard InChI is InChI=1S/C13H20N2O3/c1-10(15-13(16)9-18-8-7-14)11-3-5-12(17-2)6-4-11/h3-6,10H,7-9,14H2,1-2H3,(H,15,16)/t10-/m0/s1. The molecule has 0 aliphatic heterocycles. The maximum absolute atomic E-state index is 11.5. The maximum Gasteiger partial charge on any atom is 0.246 e. The van der Waals surface area contributed by atoms with Crippen molar-refractivity contribution in [3.05, 3.63) is 29.8 Å². The zero-order valence-electron chi connectivity index (χ0n) is 10.8. The number of hydrogen-bond donors (Lipinski definition) is 2. The van der Waals surface area contributed by atoms with Crippen LogP contribution >= 0.6 is 0 Å². The van der Waals surface area contributed by atoms with Gasteiger partial charge in [-0.3, -0.25) is 4.79 Å². The number of nitrogens with two attached hydrogens (primary N) is 1. The molecule has 5 heteroatoms. The average molecular weight is 252 g/mol. The van der Waals surface area contributed by atoms with Gasteiger partial charge in [0, 0.05) is 6.54 Å². The molecule has 0 saturated heterocycles. The minimum Gasteiger partial charge on any atom is -0.497 e. The van der Waals surface area contributed by atoms with Crippen LogP contribution < -0.4 is 15.8 Å². The fourth-order valence-corrected chi connectivity index (χ4v) is 1.51. The minimum absolute atomic E-state index is 0.0394. The lowest BCUT2D eigenvalue weighted by Crippen LogP contribution is -2.30. The van der Waals surface area contributed by atoms with Crippen LogP contribution in [0.1, 0.15) is 18.5 Å². The van der Waals surface area contributed by atoms with Gasteiger partial charge in [0.1, 0.15) is 12.4 Å². The molecule has 18 heavy (non-hydrogen) atoms. The molecule has 1 atom stereocenters. The molecule has 5 nitrogen and oxygen atoms in total. The molecule has 0 saturated carbocycles. The number of hydrogen-bond acceptors (Lipinski definition) is 4. The van der Waals surface area contributed by atoms with E-state index < -0.39 is 0 Å². The highest BCUT2D eigenvalue weighted by molar-refractivity contribution is 5.77. The van der Waals surface area contributed by atoms with E-state index in [-0.39, 0.29) is 18.6 Å². The van der Waals surface area contributed by atoms with Crippen LogP contribution in [0.4, 0.5) is 0 Å². The Bertz CT molecular complexity index is 365. The molecule has 1 amide bonds. The molecular formula is C13H20N2O3. The highest BCUT2D eigenvalue weighted by Gasteiger charge is 2.09. The summed E-state index contributed by atoms with van der Waals surface area (Å²) in [7, 11) is 1.62. The number of ether oxygens (including phenoxy) is 2. The van der Waals surface area contributed by atoms with Gasteiger partial charge >= 0.3 is 0 Å². The van der Waals surface area contributed by atoms with Gasteiger partial charge in [-0.05, 0) is 24.6 Å². The van der Waals surface area contributed by atoms with Crippen molar-refractivity contribution >= 4 is 5.91 Å². The average Bonchev–Trinajstić information content (AvgIpc) is 2.39. The van der Waals surface area contributed by atoms with E-state index in [2.05, 4.69) is 5.32 Å². The van der Waals surface area contributed by atoms with Crippen LogP contribution in [0.2, 0.25) is 0 Å². The Balaban J connectivity index is 2.43. The highest BCUT2D eigenvalue weighted by atomic mass is 16.5. The van der Waals surface area contributed by atoms with E-state index in [1.54, 1.807) is 7.11 Å². The van der Waals surface area contributed by atoms with E-state index in [4.69, 9.17) is 15.2 Å². The summed E-state index contributed by atoms with van der Waals surface area (Å²) in [6.07, 6.45) is 0. The number of benzene rings is 1. The van der Waals surface area contributed by atoms with Crippen LogP contribution in [0.3, 0.4) is 0 Å². The second-order valence-electron chi connectivity index (χ2n) is 3.90. The molecule has 0 fully saturated rings. The Hall–Kier alpha value is -1.59. The van der Waals surface area contributed by atoms with E-state index in [1.165, 1.54) is 0 Å². The van der Waals surface area contributed by atoms with E-state index >= 15 is 0 Å². The van der Waals surface area contributed by atoms with Crippen molar-refractivity contribution in [1.29, 1.82) is 0 Å². The van der Waals surface area contributed by atoms with Crippen LogP contribution in [0, 0.1) is 0 Å². The first-order valence-corrected chi connectivity index (χ1v) is 5.88. The molecule has 1 rings (SSSR count). The second-order valence-corrected chi connectivity index (χ2v) is 3.90. The molecule has 0 aromatic heterocycles. The Kier molecular flexibility index (Phi) is 6.18. The molecule has 0 heterocycles. The summed E-state index contributed by atoms with van der Waals surface area (Å²) in [5.41, 5.74) is 6.28. The molecule has 0 bridgehead atoms. The lowest BCUT2D eigenvalue weighted by molar-refractivity contribution is -0.126. The van der Waals surface area contributed by atoms with Gasteiger partial charge in [-0.15, -0.1) is 0 Å². The Morgan fingerprint density at radius 1 is 1.39 bits per heavy atom. The molecule has 1 aromatic rings. The number of nitrogens with one attached hydrogen (secondary N) is 1. The predicted molar refractivity (Wildman–Crippen MR) is 69.4 cm³/mol. The lowest BCUT2D eigenvalue weighted by atomic mass is 10.1. The summed E-state index contributed by atoms with van der Waals surface area (Å²) in [5, 5.41) is 2.85. The first-order valence-electron chi connectivity index (χ1n) is 5.88. The van der Waals surface area contributed by atoms with Crippen LogP contribution in [0.25, 0.3) is 0 Å². The van der Waals surface area contributed by atoms with Crippen molar-refractivity contribution in [2.24, 2.45) is 5.73 Å². The first-order chi connectivity index (χ1) is 8.67. The Morgan fingerprint density at radius 3 is 2.61 bits per heavy atom. The summed E-state index contributed by atoms with van der Waals surface area (Å²) in [6.45, 7) is 2.77. The van der Waals surface area contributed by atoms with Gasteiger partial charge in [0.2, 0.25) is 5.91 Å². The molecule has 1 aromatic carbocycles. The molecule has 0 radical (unpaired) electrons. The number of methoxy groups -OCH3 is 1. The summed E-state index contributed by atoms with van der Waals surface area (Å²) in [6, 6.07) is 7.51. The smallest absolute Gasteiger partial charge is 0.246 e. The number of carbonyl (C=O) groups is 1.